The van der Waals surface area contributed by atoms with Gasteiger partial charge in [-0.1, -0.05) is 43.7 Å². The molecule has 0 radical (unpaired) electrons. The highest BCUT2D eigenvalue weighted by molar-refractivity contribution is 9.19. The number of Topliss-reactive ketones (excluding diaryl/α,β-unsaturated/α-hetero) is 1. The van der Waals surface area contributed by atoms with Crippen LogP contribution in [0.5, 0.6) is 0 Å². The number of ether oxygens (including phenoxy) is 1. The molecule has 2 aliphatic carbocycles. The molecule has 20 unspecified atom stereocenters. The molecule has 5 nitrogen and oxygen atoms in total. The van der Waals surface area contributed by atoms with E-state index in [9.17, 15) is 4.79 Å². The van der Waals surface area contributed by atoms with Gasteiger partial charge in [0.1, 0.15) is 12.0 Å². The van der Waals surface area contributed by atoms with Crippen LogP contribution in [0.3, 0.4) is 0 Å². The summed E-state index contributed by atoms with van der Waals surface area (Å²) in [6.45, 7) is 9.59. The molecule has 1 aliphatic heterocycles. The molecule has 23 atom stereocenters. The smallest absolute Gasteiger partial charge is 0.317 e. The number of allylic oxidation sites excluding steroid dienone is 1. The summed E-state index contributed by atoms with van der Waals surface area (Å²) in [4.78, 5) is 28.9. The fourth-order valence-corrected chi connectivity index (χ4v) is 169. The van der Waals surface area contributed by atoms with Crippen LogP contribution in [0.25, 0.3) is 0 Å². The Morgan fingerprint density at radius 3 is 1.92 bits per heavy atom. The molecule has 2 fully saturated rings. The maximum atomic E-state index is 15.0. The Balaban J connectivity index is 2.31. The zero-order valence-corrected chi connectivity index (χ0v) is 51.7. The van der Waals surface area contributed by atoms with E-state index >= 15 is 4.79 Å². The monoisotopic (exact) mass is 1100 g/mol. The third-order valence-corrected chi connectivity index (χ3v) is 127. The molecule has 1 saturated heterocycles. The van der Waals surface area contributed by atoms with Crippen molar-refractivity contribution >= 4 is 198 Å². The van der Waals surface area contributed by atoms with Gasteiger partial charge in [-0.15, -0.1) is 105 Å². The molecule has 1 saturated carbocycles. The number of hydrogen-bond acceptors (Lipinski definition) is 5. The van der Waals surface area contributed by atoms with Crippen molar-refractivity contribution in [1.29, 1.82) is 0 Å². The summed E-state index contributed by atoms with van der Waals surface area (Å²) in [5, 5.41) is 0. The molecule has 0 N–H and O–H groups in total. The predicted molar refractivity (Wildman–Crippen MR) is 289 cm³/mol. The van der Waals surface area contributed by atoms with E-state index in [1.165, 1.54) is 11.1 Å². The number of ketones is 1. The molecule has 0 aromatic rings. The topological polar surface area (TPSA) is 61.8 Å². The fraction of sp³-hybridized carbons (Fsp3) is 0.714. The quantitative estimate of drug-likeness (QED) is 0.0667. The molecule has 0 spiro atoms. The minimum absolute atomic E-state index is 0.0298. The zero-order valence-electron chi connectivity index (χ0n) is 27.9. The lowest BCUT2D eigenvalue weighted by molar-refractivity contribution is -0.149. The van der Waals surface area contributed by atoms with Gasteiger partial charge in [0.05, 0.1) is 27.3 Å². The Kier molecular flexibility index (Phi) is 24.5. The molecule has 49 heavy (non-hydrogen) atoms. The molecular weight excluding hydrogens is 1040 g/mol. The number of carbonyl (C=O) groups is 2. The van der Waals surface area contributed by atoms with Gasteiger partial charge < -0.3 is 13.8 Å². The second-order valence-corrected chi connectivity index (χ2v) is 95.8. The lowest BCUT2D eigenvalue weighted by atomic mass is 9.54. The van der Waals surface area contributed by atoms with Crippen LogP contribution in [-0.4, -0.2) is 30.1 Å². The summed E-state index contributed by atoms with van der Waals surface area (Å²) >= 11 is 0. The highest BCUT2D eigenvalue weighted by Gasteiger charge is 2.64. The second-order valence-electron chi connectivity index (χ2n) is 12.5. The van der Waals surface area contributed by atoms with Crippen LogP contribution >= 0.6 is 186 Å². The summed E-state index contributed by atoms with van der Waals surface area (Å²) in [5.74, 6) is -1.52. The molecule has 28 heteroatoms. The molecule has 282 valence electrons. The van der Waals surface area contributed by atoms with Crippen LogP contribution in [0.15, 0.2) is 23.8 Å². The average Bonchev–Trinajstić information content (AvgIpc) is 3.22. The van der Waals surface area contributed by atoms with E-state index in [4.69, 9.17) is 13.8 Å². The Labute approximate surface area is 336 Å². The summed E-state index contributed by atoms with van der Waals surface area (Å²) < 4.78 is 21.3. The Morgan fingerprint density at radius 2 is 1.45 bits per heavy atom. The lowest BCUT2D eigenvalue weighted by Crippen LogP contribution is -2.54. The Hall–Kier alpha value is 8.43. The van der Waals surface area contributed by atoms with Gasteiger partial charge >= 0.3 is 5.97 Å². The van der Waals surface area contributed by atoms with Gasteiger partial charge in [0.2, 0.25) is 0 Å². The predicted octanol–water partition coefficient (Wildman–Crippen LogP) is 16.6. The molecule has 3 aliphatic rings. The zero-order chi connectivity index (χ0) is 37.3. The van der Waals surface area contributed by atoms with Crippen LogP contribution in [0.4, 0.5) is 0 Å². The highest BCUT2D eigenvalue weighted by atomic mass is 33.2. The number of hydrogen-bond donors (Lipinski definition) is 0. The summed E-state index contributed by atoms with van der Waals surface area (Å²) in [6.07, 6.45) is 3.63. The molecular formula is C21H53O5P23. The van der Waals surface area contributed by atoms with Crippen molar-refractivity contribution < 1.29 is 23.4 Å². The van der Waals surface area contributed by atoms with E-state index in [-0.39, 0.29) is 70.9 Å². The van der Waals surface area contributed by atoms with Crippen molar-refractivity contribution in [1.82, 2.24) is 0 Å². The number of rotatable bonds is 16. The normalized spacial score (nSPS) is 31.6. The second kappa shape index (κ2) is 23.2. The van der Waals surface area contributed by atoms with Crippen LogP contribution in [-0.2, 0) is 23.4 Å². The third-order valence-electron chi connectivity index (χ3n) is 9.14. The minimum atomic E-state index is -0.813. The van der Waals surface area contributed by atoms with Crippen molar-refractivity contribution in [2.75, 3.05) is 0 Å². The minimum Gasteiger partial charge on any atom is -0.461 e. The van der Waals surface area contributed by atoms with E-state index in [0.29, 0.717) is 19.3 Å². The molecule has 2 bridgehead atoms. The van der Waals surface area contributed by atoms with E-state index in [1.807, 2.05) is 6.08 Å². The lowest BCUT2D eigenvalue weighted by Gasteiger charge is -2.52. The molecule has 0 aromatic carbocycles. The standard InChI is InChI=1S/C21H53O5P23/c1-6-7-8-15-21(5)10-14(26-40(42(28)29)48(39-27)44(32)33)16-11(2)13(9-12(20(16,3)4)18(22)17(21)19(23)24-15)25-41(47(38)43(30)31)49(45(34)35)46(36)37/h6,12-15,17,39H,1,7-10,27-38H2,2-5H3/t12?,13-,14+,15?,17?,21+,40?,41?,47?,48?/m0/s1. The number of fused-ring (bicyclic) bond motifs is 3. The average molecular weight is 1100 g/mol. The largest absolute Gasteiger partial charge is 0.461 e. The van der Waals surface area contributed by atoms with Gasteiger partial charge in [-0.2, -0.15) is 0 Å². The summed E-state index contributed by atoms with van der Waals surface area (Å²) in [5.41, 5.74) is 1.30. The fourth-order valence-electron chi connectivity index (χ4n) is 6.94. The van der Waals surface area contributed by atoms with Crippen LogP contribution in [0, 0.1) is 22.7 Å². The van der Waals surface area contributed by atoms with E-state index in [2.05, 4.69) is 141 Å². The summed E-state index contributed by atoms with van der Waals surface area (Å²) in [6, 6.07) is 0. The molecule has 0 amide bonds. The number of esters is 1. The molecule has 1 heterocycles. The van der Waals surface area contributed by atoms with Crippen molar-refractivity contribution in [3.8, 4) is 0 Å². The number of cyclic esters (lactones) is 1. The van der Waals surface area contributed by atoms with E-state index in [1.54, 1.807) is 0 Å². The van der Waals surface area contributed by atoms with Gasteiger partial charge in [-0.05, 0) is 84.1 Å². The van der Waals surface area contributed by atoms with Crippen LogP contribution < -0.4 is 0 Å². The van der Waals surface area contributed by atoms with Gasteiger partial charge in [0.25, 0.3) is 0 Å². The van der Waals surface area contributed by atoms with Crippen LogP contribution in [0.1, 0.15) is 53.4 Å². The van der Waals surface area contributed by atoms with Gasteiger partial charge in [-0.3, -0.25) is 9.59 Å². The van der Waals surface area contributed by atoms with Gasteiger partial charge in [-0.25, -0.2) is 0 Å². The van der Waals surface area contributed by atoms with Gasteiger partial charge in [0, 0.05) is 32.3 Å². The van der Waals surface area contributed by atoms with Crippen LogP contribution in [0.2, 0.25) is 0 Å². The van der Waals surface area contributed by atoms with Crippen molar-refractivity contribution in [2.24, 2.45) is 22.7 Å². The van der Waals surface area contributed by atoms with Crippen molar-refractivity contribution in [2.45, 2.75) is 71.7 Å². The van der Waals surface area contributed by atoms with Gasteiger partial charge in [0.15, 0.2) is 5.78 Å². The molecule has 3 rings (SSSR count). The molecule has 0 aromatic heterocycles. The maximum Gasteiger partial charge on any atom is 0.317 e. The van der Waals surface area contributed by atoms with Crippen molar-refractivity contribution in [3.63, 3.8) is 0 Å². The maximum absolute atomic E-state index is 15.0. The first-order valence-electron chi connectivity index (χ1n) is 14.7. The first kappa shape index (κ1) is 51.8. The van der Waals surface area contributed by atoms with E-state index in [0.717, 1.165) is 14.4 Å². The summed E-state index contributed by atoms with van der Waals surface area (Å²) in [7, 11) is 36.3. The first-order chi connectivity index (χ1) is 22.7. The third kappa shape index (κ3) is 12.5. The first-order valence-corrected chi connectivity index (χ1v) is 55.1. The highest BCUT2D eigenvalue weighted by Crippen LogP contribution is 3.18. The Morgan fingerprint density at radius 1 is 0.878 bits per heavy atom. The Bertz CT molecular complexity index is 1210. The number of carbonyl (C=O) groups excluding carboxylic acids is 2. The van der Waals surface area contributed by atoms with Crippen molar-refractivity contribution in [3.05, 3.63) is 23.8 Å². The van der Waals surface area contributed by atoms with E-state index < -0.39 is 52.8 Å². The SMILES string of the molecule is C=CCCC1OC(=O)C2C(=O)C3C[C@H](OP(P(P)P(P)P)P(P(P)P)P(P)P)C(C)=C([C@H](OP(P(P)P)P(PP)P(P)P)C[C@]12C)C3(C)C.